The van der Waals surface area contributed by atoms with E-state index in [4.69, 9.17) is 5.14 Å². The van der Waals surface area contributed by atoms with Gasteiger partial charge in [0.05, 0.1) is 24.3 Å². The maximum atomic E-state index is 13.0. The molecule has 14 nitrogen and oxygen atoms in total. The van der Waals surface area contributed by atoms with Crippen LogP contribution in [-0.2, 0) is 34.6 Å². The standard InChI is InChI=1S/C20H32N6O8S3/c1-9-15-14(10(2)23-36(3,31)32)19(28)26(15)16(20(29)30)17(9)35-12-6-13(22-7-12)18(27)25-5-4-11(8-25)24-37(21,33)34/h9-15,22-24H,4-8H2,1-3H3,(H,29,30)(H2,21,33,34)/t9-,10-,11-,12+,13+,14-,15-/m1/s1. The molecular weight excluding hydrogens is 548 g/mol. The number of nitrogens with zero attached hydrogens (tertiary/aromatic N) is 2. The average Bonchev–Trinajstić information content (AvgIpc) is 3.44. The summed E-state index contributed by atoms with van der Waals surface area (Å²) in [7, 11) is -7.41. The van der Waals surface area contributed by atoms with Gasteiger partial charge < -0.3 is 20.2 Å². The summed E-state index contributed by atoms with van der Waals surface area (Å²) in [5.41, 5.74) is -0.0819. The van der Waals surface area contributed by atoms with Gasteiger partial charge in [0.25, 0.3) is 10.2 Å². The van der Waals surface area contributed by atoms with Crippen LogP contribution in [0.15, 0.2) is 10.6 Å². The summed E-state index contributed by atoms with van der Waals surface area (Å²) in [5, 5.41) is 18.0. The van der Waals surface area contributed by atoms with E-state index in [1.165, 1.54) is 16.7 Å². The Balaban J connectivity index is 1.41. The minimum atomic E-state index is -3.86. The van der Waals surface area contributed by atoms with E-state index in [9.17, 15) is 36.3 Å². The van der Waals surface area contributed by atoms with Crippen molar-refractivity contribution in [1.82, 2.24) is 24.6 Å². The molecule has 0 bridgehead atoms. The topological polar surface area (TPSA) is 208 Å². The molecule has 4 rings (SSSR count). The number of carboxylic acid groups (broad SMARTS) is 1. The second kappa shape index (κ2) is 10.1. The molecule has 4 aliphatic rings. The van der Waals surface area contributed by atoms with Crippen molar-refractivity contribution in [2.75, 3.05) is 25.9 Å². The number of sulfonamides is 1. The van der Waals surface area contributed by atoms with Crippen molar-refractivity contribution in [3.05, 3.63) is 10.6 Å². The van der Waals surface area contributed by atoms with Gasteiger partial charge in [-0.25, -0.2) is 23.1 Å². The summed E-state index contributed by atoms with van der Waals surface area (Å²) in [6.45, 7) is 4.49. The molecule has 0 aromatic rings. The highest BCUT2D eigenvalue weighted by atomic mass is 32.2. The van der Waals surface area contributed by atoms with Gasteiger partial charge in [-0.05, 0) is 19.8 Å². The third-order valence-corrected chi connectivity index (χ3v) is 10.2. The lowest BCUT2D eigenvalue weighted by Gasteiger charge is -2.47. The predicted octanol–water partition coefficient (Wildman–Crippen LogP) is -2.45. The molecule has 0 unspecified atom stereocenters. The van der Waals surface area contributed by atoms with E-state index in [-0.39, 0.29) is 29.3 Å². The first-order chi connectivity index (χ1) is 17.1. The first-order valence-electron chi connectivity index (χ1n) is 11.8. The van der Waals surface area contributed by atoms with Gasteiger partial charge in [-0.2, -0.15) is 13.1 Å². The van der Waals surface area contributed by atoms with E-state index < -0.39 is 62.2 Å². The Labute approximate surface area is 220 Å². The van der Waals surface area contributed by atoms with Crippen molar-refractivity contribution in [2.45, 2.75) is 56.1 Å². The van der Waals surface area contributed by atoms with Crippen molar-refractivity contribution in [1.29, 1.82) is 0 Å². The van der Waals surface area contributed by atoms with Crippen molar-refractivity contribution >= 4 is 49.8 Å². The summed E-state index contributed by atoms with van der Waals surface area (Å²) in [5.74, 6) is -2.81. The van der Waals surface area contributed by atoms with Crippen LogP contribution in [0, 0.1) is 11.8 Å². The zero-order valence-electron chi connectivity index (χ0n) is 20.6. The zero-order valence-corrected chi connectivity index (χ0v) is 23.0. The van der Waals surface area contributed by atoms with Crippen LogP contribution in [0.25, 0.3) is 0 Å². The molecule has 3 fully saturated rings. The maximum Gasteiger partial charge on any atom is 0.353 e. The van der Waals surface area contributed by atoms with Crippen LogP contribution in [0.2, 0.25) is 0 Å². The molecule has 4 aliphatic heterocycles. The average molecular weight is 581 g/mol. The Morgan fingerprint density at radius 1 is 1.27 bits per heavy atom. The molecular formula is C20H32N6O8S3. The van der Waals surface area contributed by atoms with Gasteiger partial charge >= 0.3 is 5.97 Å². The first kappa shape index (κ1) is 28.3. The highest BCUT2D eigenvalue weighted by molar-refractivity contribution is 8.03. The molecule has 6 N–H and O–H groups in total. The van der Waals surface area contributed by atoms with Crippen LogP contribution in [0.5, 0.6) is 0 Å². The quantitative estimate of drug-likeness (QED) is 0.182. The van der Waals surface area contributed by atoms with E-state index in [2.05, 4.69) is 14.8 Å². The van der Waals surface area contributed by atoms with Gasteiger partial charge in [-0.1, -0.05) is 6.92 Å². The Bertz CT molecular complexity index is 1240. The number of β-lactam (4-membered cyclic amide) rings is 1. The lowest BCUT2D eigenvalue weighted by Crippen LogP contribution is -2.66. The Kier molecular flexibility index (Phi) is 7.70. The third kappa shape index (κ3) is 5.81. The van der Waals surface area contributed by atoms with Crippen molar-refractivity contribution in [3.8, 4) is 0 Å². The number of hydrogen-bond donors (Lipinski definition) is 5. The molecule has 0 aromatic carbocycles. The summed E-state index contributed by atoms with van der Waals surface area (Å²) < 4.78 is 50.6. The van der Waals surface area contributed by atoms with Gasteiger partial charge in [-0.3, -0.25) is 9.59 Å². The van der Waals surface area contributed by atoms with Crippen LogP contribution in [0.4, 0.5) is 0 Å². The number of carbonyl (C=O) groups is 3. The van der Waals surface area contributed by atoms with Crippen LogP contribution in [-0.4, -0.2) is 105 Å². The van der Waals surface area contributed by atoms with E-state index in [0.717, 1.165) is 6.26 Å². The largest absolute Gasteiger partial charge is 0.477 e. The van der Waals surface area contributed by atoms with Crippen LogP contribution < -0.4 is 19.9 Å². The molecule has 2 amide bonds. The molecule has 37 heavy (non-hydrogen) atoms. The Morgan fingerprint density at radius 3 is 2.54 bits per heavy atom. The number of amides is 2. The van der Waals surface area contributed by atoms with Crippen LogP contribution in [0.3, 0.4) is 0 Å². The summed E-state index contributed by atoms with van der Waals surface area (Å²) in [4.78, 5) is 41.4. The second-order valence-electron chi connectivity index (χ2n) is 10.1. The fourth-order valence-corrected chi connectivity index (χ4v) is 8.74. The van der Waals surface area contributed by atoms with Crippen LogP contribution in [0.1, 0.15) is 26.7 Å². The minimum Gasteiger partial charge on any atom is -0.477 e. The molecule has 17 heteroatoms. The maximum absolute atomic E-state index is 13.0. The Morgan fingerprint density at radius 2 is 1.95 bits per heavy atom. The number of carboxylic acids is 1. The summed E-state index contributed by atoms with van der Waals surface area (Å²) in [6, 6.07) is -2.09. The molecule has 0 saturated carbocycles. The van der Waals surface area contributed by atoms with Gasteiger partial charge in [0.1, 0.15) is 5.70 Å². The third-order valence-electron chi connectivity index (χ3n) is 7.24. The number of hydrogen-bond acceptors (Lipinski definition) is 9. The van der Waals surface area contributed by atoms with E-state index in [1.54, 1.807) is 11.8 Å². The fourth-order valence-electron chi connectivity index (χ4n) is 5.78. The van der Waals surface area contributed by atoms with Crippen LogP contribution >= 0.6 is 11.8 Å². The molecule has 0 radical (unpaired) electrons. The SMILES string of the molecule is C[C@@H](NS(C)(=O)=O)[C@H]1C(=O)N2C(C(=O)O)=C(S[C@@H]3CN[C@H](C(=O)N4CC[C@@H](NS(N)(=O)=O)C4)C3)[C@H](C)[C@H]12. The number of rotatable bonds is 9. The summed E-state index contributed by atoms with van der Waals surface area (Å²) >= 11 is 1.33. The van der Waals surface area contributed by atoms with Gasteiger partial charge in [0.2, 0.25) is 21.8 Å². The number of fused-ring (bicyclic) bond motifs is 1. The second-order valence-corrected chi connectivity index (χ2v) is 14.5. The molecule has 4 heterocycles. The predicted molar refractivity (Wildman–Crippen MR) is 134 cm³/mol. The zero-order chi connectivity index (χ0) is 27.4. The number of carbonyl (C=O) groups excluding carboxylic acids is 2. The molecule has 208 valence electrons. The van der Waals surface area contributed by atoms with Gasteiger partial charge in [-0.15, -0.1) is 11.8 Å². The molecule has 0 aliphatic carbocycles. The van der Waals surface area contributed by atoms with E-state index >= 15 is 0 Å². The fraction of sp³-hybridized carbons (Fsp3) is 0.750. The molecule has 0 spiro atoms. The number of likely N-dealkylation sites (tertiary alicyclic amines) is 1. The lowest BCUT2D eigenvalue weighted by molar-refractivity contribution is -0.157. The molecule has 0 aromatic heterocycles. The minimum absolute atomic E-state index is 0.0819. The monoisotopic (exact) mass is 580 g/mol. The first-order valence-corrected chi connectivity index (χ1v) is 16.2. The molecule has 7 atom stereocenters. The lowest BCUT2D eigenvalue weighted by atomic mass is 9.78. The normalized spacial score (nSPS) is 33.0. The molecule has 3 saturated heterocycles. The summed E-state index contributed by atoms with van der Waals surface area (Å²) in [6.07, 6.45) is 1.90. The van der Waals surface area contributed by atoms with Gasteiger partial charge in [0.15, 0.2) is 0 Å². The van der Waals surface area contributed by atoms with E-state index in [0.29, 0.717) is 30.8 Å². The van der Waals surface area contributed by atoms with Crippen molar-refractivity contribution < 1.29 is 36.3 Å². The number of nitrogens with two attached hydrogens (primary N) is 1. The van der Waals surface area contributed by atoms with Crippen molar-refractivity contribution in [3.63, 3.8) is 0 Å². The number of aliphatic carboxylic acids is 1. The van der Waals surface area contributed by atoms with Gasteiger partial charge in [0, 0.05) is 47.8 Å². The Hall–Kier alpha value is -1.76. The highest BCUT2D eigenvalue weighted by Gasteiger charge is 2.60. The highest BCUT2D eigenvalue weighted by Crippen LogP contribution is 2.51. The smallest absolute Gasteiger partial charge is 0.353 e. The van der Waals surface area contributed by atoms with Crippen molar-refractivity contribution in [2.24, 2.45) is 17.0 Å². The number of thioether (sulfide) groups is 1. The van der Waals surface area contributed by atoms with E-state index in [1.807, 2.05) is 6.92 Å². The number of nitrogens with one attached hydrogen (secondary N) is 3.